The highest BCUT2D eigenvalue weighted by Gasteiger charge is 2.16. The lowest BCUT2D eigenvalue weighted by atomic mass is 10.1. The molecule has 0 aromatic carbocycles. The lowest BCUT2D eigenvalue weighted by Crippen LogP contribution is -2.45. The van der Waals surface area contributed by atoms with Crippen LogP contribution in [0.4, 0.5) is 0 Å². The van der Waals surface area contributed by atoms with E-state index in [0.717, 1.165) is 26.3 Å². The Balaban J connectivity index is 1.99. The van der Waals surface area contributed by atoms with Crippen LogP contribution in [-0.2, 0) is 4.74 Å². The van der Waals surface area contributed by atoms with E-state index in [2.05, 4.69) is 24.2 Å². The molecule has 1 aliphatic rings. The van der Waals surface area contributed by atoms with Gasteiger partial charge >= 0.3 is 0 Å². The van der Waals surface area contributed by atoms with Crippen molar-refractivity contribution in [3.63, 3.8) is 0 Å². The number of piperidine rings is 1. The number of nitrogens with zero attached hydrogens (tertiary/aromatic N) is 1. The van der Waals surface area contributed by atoms with Gasteiger partial charge in [-0.05, 0) is 32.9 Å². The molecule has 1 aliphatic heterocycles. The second-order valence-electron chi connectivity index (χ2n) is 4.45. The van der Waals surface area contributed by atoms with Crippen LogP contribution in [0.5, 0.6) is 0 Å². The van der Waals surface area contributed by atoms with Crippen molar-refractivity contribution in [3.8, 4) is 0 Å². The zero-order valence-corrected chi connectivity index (χ0v) is 10.3. The zero-order valence-electron chi connectivity index (χ0n) is 10.3. The average molecular weight is 214 g/mol. The Morgan fingerprint density at radius 2 is 2.27 bits per heavy atom. The number of likely N-dealkylation sites (N-methyl/N-ethyl adjacent to an activating group) is 1. The number of hydrogen-bond donors (Lipinski definition) is 1. The van der Waals surface area contributed by atoms with Gasteiger partial charge in [-0.25, -0.2) is 0 Å². The van der Waals surface area contributed by atoms with Gasteiger partial charge in [0.15, 0.2) is 0 Å². The molecular formula is C12H26N2O. The minimum absolute atomic E-state index is 0.716. The molecule has 3 heteroatoms. The number of nitrogens with one attached hydrogen (secondary N) is 1. The minimum Gasteiger partial charge on any atom is -0.380 e. The van der Waals surface area contributed by atoms with Crippen molar-refractivity contribution in [1.29, 1.82) is 0 Å². The molecule has 1 rings (SSSR count). The highest BCUT2D eigenvalue weighted by Crippen LogP contribution is 2.07. The van der Waals surface area contributed by atoms with E-state index in [9.17, 15) is 0 Å². The van der Waals surface area contributed by atoms with E-state index in [1.165, 1.54) is 32.2 Å². The Morgan fingerprint density at radius 3 is 2.93 bits per heavy atom. The Hall–Kier alpha value is -0.120. The lowest BCUT2D eigenvalue weighted by molar-refractivity contribution is 0.0909. The summed E-state index contributed by atoms with van der Waals surface area (Å²) < 4.78 is 5.57. The van der Waals surface area contributed by atoms with Gasteiger partial charge in [0.05, 0.1) is 6.61 Å². The van der Waals surface area contributed by atoms with Crippen LogP contribution < -0.4 is 5.32 Å². The predicted molar refractivity (Wildman–Crippen MR) is 64.2 cm³/mol. The molecule has 1 saturated heterocycles. The number of unbranched alkanes of at least 4 members (excludes halogenated alkanes) is 1. The first kappa shape index (κ1) is 12.9. The largest absolute Gasteiger partial charge is 0.380 e. The Kier molecular flexibility index (Phi) is 6.98. The summed E-state index contributed by atoms with van der Waals surface area (Å²) in [5.74, 6) is 0. The fraction of sp³-hybridized carbons (Fsp3) is 1.00. The summed E-state index contributed by atoms with van der Waals surface area (Å²) in [6.07, 6.45) is 5.06. The standard InChI is InChI=1S/C12H26N2O/c1-3-4-9-15-10-8-14(2)12-6-5-7-13-11-12/h12-13H,3-11H2,1-2H3. The monoisotopic (exact) mass is 214 g/mol. The van der Waals surface area contributed by atoms with Gasteiger partial charge in [0.25, 0.3) is 0 Å². The van der Waals surface area contributed by atoms with E-state index in [1.807, 2.05) is 0 Å². The van der Waals surface area contributed by atoms with Gasteiger partial charge in [-0.3, -0.25) is 4.90 Å². The summed E-state index contributed by atoms with van der Waals surface area (Å²) in [5, 5.41) is 3.44. The number of ether oxygens (including phenoxy) is 1. The van der Waals surface area contributed by atoms with Crippen molar-refractivity contribution in [2.45, 2.75) is 38.6 Å². The van der Waals surface area contributed by atoms with E-state index in [0.29, 0.717) is 6.04 Å². The van der Waals surface area contributed by atoms with Gasteiger partial charge in [-0.1, -0.05) is 13.3 Å². The molecule has 1 heterocycles. The van der Waals surface area contributed by atoms with Gasteiger partial charge in [-0.15, -0.1) is 0 Å². The minimum atomic E-state index is 0.716. The normalized spacial score (nSPS) is 22.2. The molecule has 0 aliphatic carbocycles. The smallest absolute Gasteiger partial charge is 0.0593 e. The fourth-order valence-electron chi connectivity index (χ4n) is 1.95. The molecule has 0 spiro atoms. The van der Waals surface area contributed by atoms with Gasteiger partial charge in [-0.2, -0.15) is 0 Å². The highest BCUT2D eigenvalue weighted by molar-refractivity contribution is 4.76. The predicted octanol–water partition coefficient (Wildman–Crippen LogP) is 1.49. The van der Waals surface area contributed by atoms with Crippen LogP contribution in [0.25, 0.3) is 0 Å². The van der Waals surface area contributed by atoms with Crippen molar-refractivity contribution in [2.24, 2.45) is 0 Å². The molecule has 1 atom stereocenters. The molecule has 0 aromatic heterocycles. The van der Waals surface area contributed by atoms with E-state index in [4.69, 9.17) is 4.74 Å². The first-order chi connectivity index (χ1) is 7.34. The maximum Gasteiger partial charge on any atom is 0.0593 e. The van der Waals surface area contributed by atoms with Crippen LogP contribution in [0.1, 0.15) is 32.6 Å². The van der Waals surface area contributed by atoms with Crippen molar-refractivity contribution < 1.29 is 4.74 Å². The zero-order chi connectivity index (χ0) is 10.9. The molecule has 90 valence electrons. The molecule has 15 heavy (non-hydrogen) atoms. The van der Waals surface area contributed by atoms with E-state index in [-0.39, 0.29) is 0 Å². The molecule has 1 N–H and O–H groups in total. The van der Waals surface area contributed by atoms with Crippen molar-refractivity contribution in [1.82, 2.24) is 10.2 Å². The molecular weight excluding hydrogens is 188 g/mol. The van der Waals surface area contributed by atoms with Crippen LogP contribution in [-0.4, -0.2) is 50.8 Å². The molecule has 1 unspecified atom stereocenters. The third kappa shape index (κ3) is 5.50. The van der Waals surface area contributed by atoms with Crippen LogP contribution in [0, 0.1) is 0 Å². The van der Waals surface area contributed by atoms with Gasteiger partial charge in [0.2, 0.25) is 0 Å². The maximum atomic E-state index is 5.57. The van der Waals surface area contributed by atoms with Gasteiger partial charge in [0, 0.05) is 25.7 Å². The Bertz CT molecular complexity index is 147. The second kappa shape index (κ2) is 8.08. The summed E-state index contributed by atoms with van der Waals surface area (Å²) in [6, 6.07) is 0.716. The average Bonchev–Trinajstić information content (AvgIpc) is 2.30. The van der Waals surface area contributed by atoms with Gasteiger partial charge < -0.3 is 10.1 Å². The van der Waals surface area contributed by atoms with E-state index in [1.54, 1.807) is 0 Å². The van der Waals surface area contributed by atoms with Crippen LogP contribution in [0.3, 0.4) is 0 Å². The molecule has 3 nitrogen and oxygen atoms in total. The molecule has 0 bridgehead atoms. The van der Waals surface area contributed by atoms with Crippen LogP contribution >= 0.6 is 0 Å². The third-order valence-corrected chi connectivity index (χ3v) is 3.12. The molecule has 0 saturated carbocycles. The van der Waals surface area contributed by atoms with Gasteiger partial charge in [0.1, 0.15) is 0 Å². The van der Waals surface area contributed by atoms with Crippen molar-refractivity contribution in [3.05, 3.63) is 0 Å². The van der Waals surface area contributed by atoms with Crippen LogP contribution in [0.15, 0.2) is 0 Å². The first-order valence-electron chi connectivity index (χ1n) is 6.33. The van der Waals surface area contributed by atoms with Crippen molar-refractivity contribution in [2.75, 3.05) is 39.9 Å². The topological polar surface area (TPSA) is 24.5 Å². The Morgan fingerprint density at radius 1 is 1.40 bits per heavy atom. The maximum absolute atomic E-state index is 5.57. The molecule has 0 amide bonds. The summed E-state index contributed by atoms with van der Waals surface area (Å²) in [6.45, 7) is 7.41. The number of hydrogen-bond acceptors (Lipinski definition) is 3. The molecule has 0 aromatic rings. The first-order valence-corrected chi connectivity index (χ1v) is 6.33. The third-order valence-electron chi connectivity index (χ3n) is 3.12. The lowest BCUT2D eigenvalue weighted by Gasteiger charge is -2.31. The second-order valence-corrected chi connectivity index (χ2v) is 4.45. The summed E-state index contributed by atoms with van der Waals surface area (Å²) in [4.78, 5) is 2.43. The van der Waals surface area contributed by atoms with E-state index >= 15 is 0 Å². The summed E-state index contributed by atoms with van der Waals surface area (Å²) in [5.41, 5.74) is 0. The highest BCUT2D eigenvalue weighted by atomic mass is 16.5. The fourth-order valence-corrected chi connectivity index (χ4v) is 1.95. The SMILES string of the molecule is CCCCOCCN(C)C1CCCNC1. The van der Waals surface area contributed by atoms with Crippen molar-refractivity contribution >= 4 is 0 Å². The number of rotatable bonds is 7. The molecule has 0 radical (unpaired) electrons. The van der Waals surface area contributed by atoms with E-state index < -0.39 is 0 Å². The quantitative estimate of drug-likeness (QED) is 0.650. The summed E-state index contributed by atoms with van der Waals surface area (Å²) >= 11 is 0. The summed E-state index contributed by atoms with van der Waals surface area (Å²) in [7, 11) is 2.21. The Labute approximate surface area is 94.2 Å². The van der Waals surface area contributed by atoms with Crippen LogP contribution in [0.2, 0.25) is 0 Å². The molecule has 1 fully saturated rings.